The van der Waals surface area contributed by atoms with Crippen molar-refractivity contribution in [2.75, 3.05) is 6.26 Å². The van der Waals surface area contributed by atoms with Crippen molar-refractivity contribution >= 4 is 11.8 Å². The molecule has 3 rings (SSSR count). The fourth-order valence-corrected chi connectivity index (χ4v) is 2.60. The first-order valence-electron chi connectivity index (χ1n) is 6.34. The zero-order valence-corrected chi connectivity index (χ0v) is 11.8. The lowest BCUT2D eigenvalue weighted by molar-refractivity contribution is 0.337. The van der Waals surface area contributed by atoms with E-state index in [0.29, 0.717) is 11.7 Å². The largest absolute Gasteiger partial charge is 0.338 e. The van der Waals surface area contributed by atoms with Gasteiger partial charge in [0.2, 0.25) is 5.89 Å². The summed E-state index contributed by atoms with van der Waals surface area (Å²) in [4.78, 5) is 4.36. The summed E-state index contributed by atoms with van der Waals surface area (Å²) in [5, 5.41) is 3.94. The third kappa shape index (κ3) is 2.84. The van der Waals surface area contributed by atoms with E-state index in [9.17, 15) is 4.39 Å². The maximum atomic E-state index is 12.9. The lowest BCUT2D eigenvalue weighted by Gasteiger charge is -2.08. The van der Waals surface area contributed by atoms with Gasteiger partial charge in [0.05, 0.1) is 5.75 Å². The van der Waals surface area contributed by atoms with Gasteiger partial charge in [-0.25, -0.2) is 15.2 Å². The maximum absolute atomic E-state index is 12.9. The van der Waals surface area contributed by atoms with Gasteiger partial charge in [-0.3, -0.25) is 0 Å². The number of hydrogen-bond acceptors (Lipinski definition) is 6. The molecule has 1 aliphatic heterocycles. The van der Waals surface area contributed by atoms with Gasteiger partial charge in [-0.15, -0.1) is 0 Å². The number of benzene rings is 1. The van der Waals surface area contributed by atoms with Crippen molar-refractivity contribution in [3.05, 3.63) is 47.4 Å². The summed E-state index contributed by atoms with van der Waals surface area (Å²) in [6, 6.07) is 6.58. The molecule has 0 amide bonds. The van der Waals surface area contributed by atoms with E-state index in [4.69, 9.17) is 4.52 Å². The predicted molar refractivity (Wildman–Crippen MR) is 74.3 cm³/mol. The summed E-state index contributed by atoms with van der Waals surface area (Å²) in [5.74, 6) is 1.81. The zero-order valence-electron chi connectivity index (χ0n) is 11.0. The van der Waals surface area contributed by atoms with E-state index in [-0.39, 0.29) is 17.9 Å². The Balaban J connectivity index is 1.68. The van der Waals surface area contributed by atoms with Crippen LogP contribution in [0.2, 0.25) is 0 Å². The second kappa shape index (κ2) is 5.90. The number of thioether (sulfide) groups is 1. The van der Waals surface area contributed by atoms with Crippen LogP contribution in [0.15, 0.2) is 28.8 Å². The second-order valence-electron chi connectivity index (χ2n) is 4.66. The van der Waals surface area contributed by atoms with Gasteiger partial charge in [0.25, 0.3) is 0 Å². The summed E-state index contributed by atoms with van der Waals surface area (Å²) in [7, 11) is 0. The molecular weight excluding hydrogens is 279 g/mol. The number of nitrogens with zero attached hydrogens (tertiary/aromatic N) is 2. The summed E-state index contributed by atoms with van der Waals surface area (Å²) in [6.07, 6.45) is 2.78. The van der Waals surface area contributed by atoms with Crippen molar-refractivity contribution in [3.8, 4) is 0 Å². The van der Waals surface area contributed by atoms with E-state index in [1.807, 2.05) is 6.26 Å². The van der Waals surface area contributed by atoms with Gasteiger partial charge in [-0.05, 0) is 30.4 Å². The van der Waals surface area contributed by atoms with E-state index in [0.717, 1.165) is 17.7 Å². The summed E-state index contributed by atoms with van der Waals surface area (Å²) in [6.45, 7) is 0. The van der Waals surface area contributed by atoms with Crippen LogP contribution in [0.5, 0.6) is 0 Å². The van der Waals surface area contributed by atoms with Gasteiger partial charge in [0.15, 0.2) is 5.82 Å². The molecule has 20 heavy (non-hydrogen) atoms. The number of hydrazine groups is 1. The Labute approximate surface area is 120 Å². The highest BCUT2D eigenvalue weighted by Crippen LogP contribution is 2.30. The van der Waals surface area contributed by atoms with Gasteiger partial charge in [-0.1, -0.05) is 17.3 Å². The molecule has 1 fully saturated rings. The van der Waals surface area contributed by atoms with Crippen LogP contribution >= 0.6 is 11.8 Å². The Kier molecular flexibility index (Phi) is 4.00. The highest BCUT2D eigenvalue weighted by molar-refractivity contribution is 7.97. The number of halogens is 1. The molecule has 2 N–H and O–H groups in total. The molecule has 0 aliphatic carbocycles. The van der Waals surface area contributed by atoms with Gasteiger partial charge < -0.3 is 4.52 Å². The summed E-state index contributed by atoms with van der Waals surface area (Å²) < 4.78 is 18.2. The van der Waals surface area contributed by atoms with E-state index in [1.54, 1.807) is 23.9 Å². The van der Waals surface area contributed by atoms with Crippen LogP contribution in [0.25, 0.3) is 0 Å². The van der Waals surface area contributed by atoms with Gasteiger partial charge >= 0.3 is 0 Å². The molecule has 2 heterocycles. The first-order chi connectivity index (χ1) is 9.76. The standard InChI is InChI=1S/C13H15FN4OS/c1-20-7-12-15-13(19-18-12)11-6-10(16-17-11)8-2-4-9(14)5-3-8/h2-5,10-11,16-17H,6-7H2,1H3. The van der Waals surface area contributed by atoms with Crippen molar-refractivity contribution < 1.29 is 8.91 Å². The molecule has 2 aromatic rings. The average molecular weight is 294 g/mol. The van der Waals surface area contributed by atoms with Crippen LogP contribution in [0.3, 0.4) is 0 Å². The number of hydrogen-bond donors (Lipinski definition) is 2. The minimum Gasteiger partial charge on any atom is -0.338 e. The maximum Gasteiger partial charge on any atom is 0.245 e. The summed E-state index contributed by atoms with van der Waals surface area (Å²) >= 11 is 1.65. The third-order valence-electron chi connectivity index (χ3n) is 3.23. The highest BCUT2D eigenvalue weighted by Gasteiger charge is 2.30. The predicted octanol–water partition coefficient (Wildman–Crippen LogP) is 2.35. The van der Waals surface area contributed by atoms with E-state index in [2.05, 4.69) is 21.0 Å². The van der Waals surface area contributed by atoms with Gasteiger partial charge in [0.1, 0.15) is 11.9 Å². The van der Waals surface area contributed by atoms with Crippen LogP contribution in [0.4, 0.5) is 4.39 Å². The molecule has 0 radical (unpaired) electrons. The smallest absolute Gasteiger partial charge is 0.245 e. The molecular formula is C13H15FN4OS. The Bertz CT molecular complexity index is 574. The van der Waals surface area contributed by atoms with Gasteiger partial charge in [0, 0.05) is 6.04 Å². The Morgan fingerprint density at radius 3 is 2.80 bits per heavy atom. The third-order valence-corrected chi connectivity index (χ3v) is 3.78. The van der Waals surface area contributed by atoms with Gasteiger partial charge in [-0.2, -0.15) is 16.7 Å². The first-order valence-corrected chi connectivity index (χ1v) is 7.73. The molecule has 1 aromatic carbocycles. The second-order valence-corrected chi connectivity index (χ2v) is 5.53. The molecule has 0 saturated carbocycles. The normalized spacial score (nSPS) is 22.3. The zero-order chi connectivity index (χ0) is 13.9. The lowest BCUT2D eigenvalue weighted by atomic mass is 10.0. The average Bonchev–Trinajstić information content (AvgIpc) is 3.08. The molecule has 106 valence electrons. The fraction of sp³-hybridized carbons (Fsp3) is 0.385. The Morgan fingerprint density at radius 2 is 2.05 bits per heavy atom. The fourth-order valence-electron chi connectivity index (χ4n) is 2.23. The molecule has 0 bridgehead atoms. The number of rotatable bonds is 4. The van der Waals surface area contributed by atoms with Crippen LogP contribution in [0.1, 0.15) is 35.8 Å². The molecule has 1 saturated heterocycles. The van der Waals surface area contributed by atoms with Crippen LogP contribution in [-0.4, -0.2) is 16.4 Å². The lowest BCUT2D eigenvalue weighted by Crippen LogP contribution is -2.26. The number of nitrogens with one attached hydrogen (secondary N) is 2. The van der Waals surface area contributed by atoms with Crippen LogP contribution in [-0.2, 0) is 5.75 Å². The SMILES string of the molecule is CSCc1noc(C2CC(c3ccc(F)cc3)NN2)n1. The quantitative estimate of drug-likeness (QED) is 0.902. The topological polar surface area (TPSA) is 63.0 Å². The van der Waals surface area contributed by atoms with Crippen molar-refractivity contribution in [1.29, 1.82) is 0 Å². The Hall–Kier alpha value is -1.44. The molecule has 0 spiro atoms. The van der Waals surface area contributed by atoms with E-state index >= 15 is 0 Å². The van der Waals surface area contributed by atoms with Crippen LogP contribution in [0, 0.1) is 5.82 Å². The van der Waals surface area contributed by atoms with Crippen LogP contribution < -0.4 is 10.9 Å². The number of aromatic nitrogens is 2. The van der Waals surface area contributed by atoms with E-state index in [1.165, 1.54) is 12.1 Å². The van der Waals surface area contributed by atoms with Crippen molar-refractivity contribution in [2.24, 2.45) is 0 Å². The van der Waals surface area contributed by atoms with E-state index < -0.39 is 0 Å². The minimum atomic E-state index is -0.227. The molecule has 1 aliphatic rings. The van der Waals surface area contributed by atoms with Crippen molar-refractivity contribution in [3.63, 3.8) is 0 Å². The molecule has 2 unspecified atom stereocenters. The molecule has 1 aromatic heterocycles. The molecule has 5 nitrogen and oxygen atoms in total. The monoisotopic (exact) mass is 294 g/mol. The molecule has 7 heteroatoms. The van der Waals surface area contributed by atoms with Crippen molar-refractivity contribution in [1.82, 2.24) is 21.0 Å². The molecule has 2 atom stereocenters. The van der Waals surface area contributed by atoms with Crippen molar-refractivity contribution in [2.45, 2.75) is 24.3 Å². The Morgan fingerprint density at radius 1 is 1.30 bits per heavy atom. The summed E-state index contributed by atoms with van der Waals surface area (Å²) in [5.41, 5.74) is 7.35. The first kappa shape index (κ1) is 13.5. The minimum absolute atomic E-state index is 0.0202. The highest BCUT2D eigenvalue weighted by atomic mass is 32.2.